The van der Waals surface area contributed by atoms with E-state index in [1.165, 1.54) is 0 Å². The number of hydrogen-bond acceptors (Lipinski definition) is 3. The third kappa shape index (κ3) is 3.06. The summed E-state index contributed by atoms with van der Waals surface area (Å²) in [6.45, 7) is 10.7. The van der Waals surface area contributed by atoms with E-state index in [0.29, 0.717) is 6.04 Å². The molecule has 1 fully saturated rings. The van der Waals surface area contributed by atoms with Crippen molar-refractivity contribution in [3.8, 4) is 0 Å². The Labute approximate surface area is 121 Å². The van der Waals surface area contributed by atoms with Crippen LogP contribution in [0.25, 0.3) is 0 Å². The van der Waals surface area contributed by atoms with Crippen molar-refractivity contribution >= 4 is 5.91 Å². The highest BCUT2D eigenvalue weighted by Crippen LogP contribution is 2.23. The maximum atomic E-state index is 12.6. The molecule has 2 heterocycles. The van der Waals surface area contributed by atoms with Gasteiger partial charge in [0, 0.05) is 24.7 Å². The first-order valence-corrected chi connectivity index (χ1v) is 7.63. The molecule has 20 heavy (non-hydrogen) atoms. The molecule has 1 aliphatic rings. The van der Waals surface area contributed by atoms with Crippen LogP contribution in [-0.4, -0.2) is 36.5 Å². The fourth-order valence-corrected chi connectivity index (χ4v) is 2.90. The number of furan rings is 1. The van der Waals surface area contributed by atoms with E-state index in [0.717, 1.165) is 61.5 Å². The molecule has 2 rings (SSSR count). The van der Waals surface area contributed by atoms with Crippen molar-refractivity contribution in [3.63, 3.8) is 0 Å². The van der Waals surface area contributed by atoms with Gasteiger partial charge in [0.05, 0.1) is 5.56 Å². The van der Waals surface area contributed by atoms with Crippen molar-refractivity contribution in [1.82, 2.24) is 10.2 Å². The fraction of sp³-hybridized carbons (Fsp3) is 0.688. The number of piperidine rings is 1. The second-order valence-electron chi connectivity index (χ2n) is 5.74. The third-order valence-electron chi connectivity index (χ3n) is 4.24. The van der Waals surface area contributed by atoms with Crippen LogP contribution in [0.15, 0.2) is 4.42 Å². The van der Waals surface area contributed by atoms with Gasteiger partial charge in [-0.05, 0) is 46.6 Å². The molecule has 0 atom stereocenters. The van der Waals surface area contributed by atoms with Gasteiger partial charge in [-0.15, -0.1) is 0 Å². The predicted molar refractivity (Wildman–Crippen MR) is 80.1 cm³/mol. The van der Waals surface area contributed by atoms with Crippen LogP contribution in [0.5, 0.6) is 0 Å². The second-order valence-corrected chi connectivity index (χ2v) is 5.74. The Bertz CT molecular complexity index is 471. The van der Waals surface area contributed by atoms with E-state index in [1.54, 1.807) is 0 Å². The van der Waals surface area contributed by atoms with Crippen molar-refractivity contribution < 1.29 is 9.21 Å². The zero-order valence-electron chi connectivity index (χ0n) is 13.1. The van der Waals surface area contributed by atoms with Crippen molar-refractivity contribution in [1.29, 1.82) is 0 Å². The molecule has 1 saturated heterocycles. The molecule has 0 saturated carbocycles. The van der Waals surface area contributed by atoms with Gasteiger partial charge in [-0.2, -0.15) is 0 Å². The minimum absolute atomic E-state index is 0.130. The lowest BCUT2D eigenvalue weighted by molar-refractivity contribution is 0.0703. The minimum atomic E-state index is 0.130. The van der Waals surface area contributed by atoms with Gasteiger partial charge < -0.3 is 14.6 Å². The zero-order valence-corrected chi connectivity index (χ0v) is 13.1. The Morgan fingerprint density at radius 2 is 1.90 bits per heavy atom. The minimum Gasteiger partial charge on any atom is -0.466 e. The van der Waals surface area contributed by atoms with E-state index in [4.69, 9.17) is 4.42 Å². The lowest BCUT2D eigenvalue weighted by atomic mass is 10.0. The molecule has 4 nitrogen and oxygen atoms in total. The first-order valence-electron chi connectivity index (χ1n) is 7.63. The lowest BCUT2D eigenvalue weighted by Gasteiger charge is -2.32. The molecule has 0 aliphatic carbocycles. The van der Waals surface area contributed by atoms with E-state index < -0.39 is 0 Å². The van der Waals surface area contributed by atoms with Gasteiger partial charge >= 0.3 is 0 Å². The molecule has 1 amide bonds. The van der Waals surface area contributed by atoms with Crippen LogP contribution >= 0.6 is 0 Å². The van der Waals surface area contributed by atoms with E-state index in [9.17, 15) is 4.79 Å². The Hall–Kier alpha value is -1.29. The highest BCUT2D eigenvalue weighted by molar-refractivity contribution is 5.96. The molecule has 112 valence electrons. The van der Waals surface area contributed by atoms with Crippen LogP contribution in [-0.2, 0) is 0 Å². The summed E-state index contributed by atoms with van der Waals surface area (Å²) in [5.41, 5.74) is 1.75. The van der Waals surface area contributed by atoms with Gasteiger partial charge in [0.25, 0.3) is 5.91 Å². The molecule has 1 aromatic rings. The first-order chi connectivity index (χ1) is 9.54. The number of hydrogen-bond donors (Lipinski definition) is 1. The van der Waals surface area contributed by atoms with Crippen molar-refractivity contribution in [2.24, 2.45) is 0 Å². The quantitative estimate of drug-likeness (QED) is 0.921. The number of amides is 1. The van der Waals surface area contributed by atoms with Crippen LogP contribution in [0.4, 0.5) is 0 Å². The maximum absolute atomic E-state index is 12.6. The summed E-state index contributed by atoms with van der Waals surface area (Å²) in [6, 6.07) is 0.562. The summed E-state index contributed by atoms with van der Waals surface area (Å²) in [6.07, 6.45) is 3.24. The molecule has 0 bridgehead atoms. The number of likely N-dealkylation sites (tertiary alicyclic amines) is 1. The summed E-state index contributed by atoms with van der Waals surface area (Å²) in [4.78, 5) is 14.6. The highest BCUT2D eigenvalue weighted by Gasteiger charge is 2.27. The third-order valence-corrected chi connectivity index (χ3v) is 4.24. The fourth-order valence-electron chi connectivity index (χ4n) is 2.90. The summed E-state index contributed by atoms with van der Waals surface area (Å²) in [5, 5.41) is 3.54. The van der Waals surface area contributed by atoms with Crippen molar-refractivity contribution in [2.75, 3.05) is 19.6 Å². The van der Waals surface area contributed by atoms with Gasteiger partial charge in [-0.3, -0.25) is 4.79 Å². The predicted octanol–water partition coefficient (Wildman–Crippen LogP) is 2.81. The average molecular weight is 278 g/mol. The highest BCUT2D eigenvalue weighted by atomic mass is 16.3. The Morgan fingerprint density at radius 1 is 1.25 bits per heavy atom. The molecule has 1 N–H and O–H groups in total. The zero-order chi connectivity index (χ0) is 14.7. The smallest absolute Gasteiger partial charge is 0.257 e. The summed E-state index contributed by atoms with van der Waals surface area (Å²) >= 11 is 0. The molecule has 0 aromatic carbocycles. The first kappa shape index (κ1) is 15.1. The van der Waals surface area contributed by atoms with Crippen LogP contribution in [0.1, 0.15) is 53.6 Å². The van der Waals surface area contributed by atoms with E-state index in [1.807, 2.05) is 25.7 Å². The summed E-state index contributed by atoms with van der Waals surface area (Å²) < 4.78 is 5.57. The molecular weight excluding hydrogens is 252 g/mol. The van der Waals surface area contributed by atoms with Crippen molar-refractivity contribution in [2.45, 2.75) is 53.0 Å². The van der Waals surface area contributed by atoms with Gasteiger partial charge in [0.2, 0.25) is 0 Å². The number of carbonyl (C=O) groups excluding carboxylic acids is 1. The number of carbonyl (C=O) groups is 1. The number of rotatable bonds is 4. The van der Waals surface area contributed by atoms with Gasteiger partial charge in [0.15, 0.2) is 0 Å². The lowest BCUT2D eigenvalue weighted by Crippen LogP contribution is -2.45. The SMILES string of the molecule is CCCNC1CCN(C(=O)c2c(C)oc(C)c2C)CC1. The summed E-state index contributed by atoms with van der Waals surface area (Å²) in [5.74, 6) is 1.73. The average Bonchev–Trinajstić information content (AvgIpc) is 2.70. The van der Waals surface area contributed by atoms with Gasteiger partial charge in [-0.25, -0.2) is 0 Å². The topological polar surface area (TPSA) is 45.5 Å². The van der Waals surface area contributed by atoms with Crippen LogP contribution in [0, 0.1) is 20.8 Å². The standard InChI is InChI=1S/C16H26N2O2/c1-5-8-17-14-6-9-18(10-7-14)16(19)15-11(2)12(3)20-13(15)4/h14,17H,5-10H2,1-4H3. The molecular formula is C16H26N2O2. The number of nitrogens with zero attached hydrogens (tertiary/aromatic N) is 1. The Kier molecular flexibility index (Phi) is 4.86. The molecule has 0 radical (unpaired) electrons. The van der Waals surface area contributed by atoms with E-state index in [2.05, 4.69) is 12.2 Å². The van der Waals surface area contributed by atoms with Crippen molar-refractivity contribution in [3.05, 3.63) is 22.6 Å². The van der Waals surface area contributed by atoms with Gasteiger partial charge in [-0.1, -0.05) is 6.92 Å². The number of nitrogens with one attached hydrogen (secondary N) is 1. The van der Waals surface area contributed by atoms with E-state index in [-0.39, 0.29) is 5.91 Å². The largest absolute Gasteiger partial charge is 0.466 e. The van der Waals surface area contributed by atoms with Gasteiger partial charge in [0.1, 0.15) is 11.5 Å². The number of aryl methyl sites for hydroxylation is 2. The molecule has 0 unspecified atom stereocenters. The Balaban J connectivity index is 1.98. The normalized spacial score (nSPS) is 16.7. The van der Waals surface area contributed by atoms with Crippen LogP contribution < -0.4 is 5.32 Å². The Morgan fingerprint density at radius 3 is 2.40 bits per heavy atom. The second kappa shape index (κ2) is 6.44. The molecule has 1 aromatic heterocycles. The monoisotopic (exact) mass is 278 g/mol. The van der Waals surface area contributed by atoms with Crippen LogP contribution in [0.2, 0.25) is 0 Å². The maximum Gasteiger partial charge on any atom is 0.257 e. The molecule has 0 spiro atoms. The molecule has 1 aliphatic heterocycles. The summed E-state index contributed by atoms with van der Waals surface area (Å²) in [7, 11) is 0. The van der Waals surface area contributed by atoms with Crippen LogP contribution in [0.3, 0.4) is 0 Å². The van der Waals surface area contributed by atoms with E-state index >= 15 is 0 Å². The molecule has 4 heteroatoms.